The van der Waals surface area contributed by atoms with Gasteiger partial charge >= 0.3 is 5.97 Å². The highest BCUT2D eigenvalue weighted by Gasteiger charge is 2.56. The number of hydrogen-bond acceptors (Lipinski definition) is 4. The van der Waals surface area contributed by atoms with Gasteiger partial charge in [-0.3, -0.25) is 4.84 Å². The van der Waals surface area contributed by atoms with E-state index in [9.17, 15) is 4.79 Å². The van der Waals surface area contributed by atoms with Crippen LogP contribution in [0.3, 0.4) is 0 Å². The fourth-order valence-electron chi connectivity index (χ4n) is 2.59. The van der Waals surface area contributed by atoms with Gasteiger partial charge in [-0.25, -0.2) is 4.79 Å². The van der Waals surface area contributed by atoms with Crippen LogP contribution in [0.5, 0.6) is 0 Å². The predicted octanol–water partition coefficient (Wildman–Crippen LogP) is 0.472. The molecule has 0 saturated carbocycles. The second-order valence-electron chi connectivity index (χ2n) is 4.11. The molecule has 1 spiro atoms. The molecule has 0 radical (unpaired) electrons. The lowest BCUT2D eigenvalue weighted by atomic mass is 9.94. The highest BCUT2D eigenvalue weighted by atomic mass is 16.7. The zero-order valence-electron chi connectivity index (χ0n) is 7.49. The number of cyclic esters (lactones) is 1. The molecule has 0 aliphatic carbocycles. The lowest BCUT2D eigenvalue weighted by molar-refractivity contribution is -0.200. The molecule has 4 nitrogen and oxygen atoms in total. The van der Waals surface area contributed by atoms with Crippen LogP contribution in [0.15, 0.2) is 0 Å². The van der Waals surface area contributed by atoms with Crippen molar-refractivity contribution in [1.29, 1.82) is 0 Å². The van der Waals surface area contributed by atoms with Crippen molar-refractivity contribution in [3.8, 4) is 0 Å². The van der Waals surface area contributed by atoms with Gasteiger partial charge in [0.05, 0.1) is 6.61 Å². The van der Waals surface area contributed by atoms with E-state index in [1.807, 2.05) is 5.06 Å². The molecule has 3 saturated heterocycles. The molecular formula is C9H13NO3. The summed E-state index contributed by atoms with van der Waals surface area (Å²) in [4.78, 5) is 17.2. The van der Waals surface area contributed by atoms with Crippen molar-refractivity contribution in [2.75, 3.05) is 13.2 Å². The Balaban J connectivity index is 1.84. The molecule has 0 aromatic carbocycles. The van der Waals surface area contributed by atoms with E-state index in [0.717, 1.165) is 25.8 Å². The first-order chi connectivity index (χ1) is 6.30. The number of nitrogens with zero attached hydrogens (tertiary/aromatic N) is 1. The van der Waals surface area contributed by atoms with E-state index in [-0.39, 0.29) is 5.97 Å². The predicted molar refractivity (Wildman–Crippen MR) is 43.7 cm³/mol. The van der Waals surface area contributed by atoms with Crippen molar-refractivity contribution >= 4 is 5.97 Å². The molecule has 2 atom stereocenters. The van der Waals surface area contributed by atoms with E-state index >= 15 is 0 Å². The Morgan fingerprint density at radius 2 is 2.46 bits per heavy atom. The summed E-state index contributed by atoms with van der Waals surface area (Å²) in [5.74, 6) is -0.151. The van der Waals surface area contributed by atoms with Gasteiger partial charge in [-0.1, -0.05) is 0 Å². The van der Waals surface area contributed by atoms with Crippen LogP contribution in [0.2, 0.25) is 0 Å². The quantitative estimate of drug-likeness (QED) is 0.512. The zero-order chi connectivity index (χ0) is 8.89. The molecule has 3 aliphatic rings. The van der Waals surface area contributed by atoms with Crippen LogP contribution in [0.1, 0.15) is 25.7 Å². The molecule has 0 unspecified atom stereocenters. The SMILES string of the molecule is O=C1OCC[C@]12C[C@@H]1CCCN1O2. The lowest BCUT2D eigenvalue weighted by Gasteiger charge is -2.18. The number of esters is 1. The van der Waals surface area contributed by atoms with Crippen LogP contribution in [-0.4, -0.2) is 35.8 Å². The summed E-state index contributed by atoms with van der Waals surface area (Å²) >= 11 is 0. The van der Waals surface area contributed by atoms with Crippen LogP contribution in [0.4, 0.5) is 0 Å². The molecule has 0 aromatic rings. The molecule has 0 bridgehead atoms. The average molecular weight is 183 g/mol. The van der Waals surface area contributed by atoms with Gasteiger partial charge in [0.1, 0.15) is 0 Å². The summed E-state index contributed by atoms with van der Waals surface area (Å²) in [5, 5.41) is 1.98. The van der Waals surface area contributed by atoms with E-state index in [0.29, 0.717) is 12.6 Å². The Bertz CT molecular complexity index is 241. The minimum Gasteiger partial charge on any atom is -0.463 e. The smallest absolute Gasteiger partial charge is 0.340 e. The van der Waals surface area contributed by atoms with E-state index in [1.165, 1.54) is 6.42 Å². The Kier molecular flexibility index (Phi) is 1.46. The molecule has 3 aliphatic heterocycles. The van der Waals surface area contributed by atoms with Crippen molar-refractivity contribution in [2.24, 2.45) is 0 Å². The van der Waals surface area contributed by atoms with Gasteiger partial charge in [-0.15, -0.1) is 0 Å². The molecule has 3 rings (SSSR count). The minimum absolute atomic E-state index is 0.151. The summed E-state index contributed by atoms with van der Waals surface area (Å²) in [6.45, 7) is 1.50. The maximum Gasteiger partial charge on any atom is 0.340 e. The summed E-state index contributed by atoms with van der Waals surface area (Å²) < 4.78 is 4.97. The third-order valence-corrected chi connectivity index (χ3v) is 3.29. The van der Waals surface area contributed by atoms with Crippen molar-refractivity contribution in [3.63, 3.8) is 0 Å². The van der Waals surface area contributed by atoms with E-state index < -0.39 is 5.60 Å². The number of hydroxylamine groups is 2. The van der Waals surface area contributed by atoms with E-state index in [4.69, 9.17) is 9.57 Å². The van der Waals surface area contributed by atoms with Crippen LogP contribution in [0.25, 0.3) is 0 Å². The maximum absolute atomic E-state index is 11.5. The van der Waals surface area contributed by atoms with Gasteiger partial charge in [-0.2, -0.15) is 5.06 Å². The van der Waals surface area contributed by atoms with Crippen molar-refractivity contribution < 1.29 is 14.4 Å². The van der Waals surface area contributed by atoms with Crippen LogP contribution < -0.4 is 0 Å². The standard InChI is InChI=1S/C9H13NO3/c11-8-9(3-5-12-8)6-7-2-1-4-10(7)13-9/h7H,1-6H2/t7-,9-/m0/s1. The van der Waals surface area contributed by atoms with Gasteiger partial charge in [0.15, 0.2) is 5.60 Å². The van der Waals surface area contributed by atoms with Gasteiger partial charge in [0.2, 0.25) is 0 Å². The molecule has 72 valence electrons. The molecule has 0 aromatic heterocycles. The summed E-state index contributed by atoms with van der Waals surface area (Å²) in [6, 6.07) is 0.464. The first kappa shape index (κ1) is 7.76. The number of rotatable bonds is 0. The molecule has 3 fully saturated rings. The number of ether oxygens (including phenoxy) is 1. The van der Waals surface area contributed by atoms with Crippen LogP contribution in [-0.2, 0) is 14.4 Å². The Morgan fingerprint density at radius 1 is 1.54 bits per heavy atom. The van der Waals surface area contributed by atoms with Gasteiger partial charge < -0.3 is 4.74 Å². The Labute approximate surface area is 76.7 Å². The third-order valence-electron chi connectivity index (χ3n) is 3.29. The average Bonchev–Trinajstić information content (AvgIpc) is 2.69. The second-order valence-corrected chi connectivity index (χ2v) is 4.11. The van der Waals surface area contributed by atoms with Gasteiger partial charge in [0, 0.05) is 25.4 Å². The normalized spacial score (nSPS) is 44.3. The number of fused-ring (bicyclic) bond motifs is 1. The second kappa shape index (κ2) is 2.45. The summed E-state index contributed by atoms with van der Waals surface area (Å²) in [6.07, 6.45) is 3.93. The number of carbonyl (C=O) groups is 1. The number of hydrogen-bond donors (Lipinski definition) is 0. The van der Waals surface area contributed by atoms with Gasteiger partial charge in [-0.05, 0) is 12.8 Å². The molecular weight excluding hydrogens is 170 g/mol. The van der Waals surface area contributed by atoms with E-state index in [2.05, 4.69) is 0 Å². The van der Waals surface area contributed by atoms with Crippen molar-refractivity contribution in [2.45, 2.75) is 37.3 Å². The molecule has 0 amide bonds. The van der Waals surface area contributed by atoms with Crippen molar-refractivity contribution in [3.05, 3.63) is 0 Å². The molecule has 0 N–H and O–H groups in total. The first-order valence-electron chi connectivity index (χ1n) is 4.93. The highest BCUT2D eigenvalue weighted by molar-refractivity contribution is 5.81. The van der Waals surface area contributed by atoms with Crippen molar-refractivity contribution in [1.82, 2.24) is 5.06 Å². The minimum atomic E-state index is -0.592. The third kappa shape index (κ3) is 0.957. The first-order valence-corrected chi connectivity index (χ1v) is 4.93. The fraction of sp³-hybridized carbons (Fsp3) is 0.889. The largest absolute Gasteiger partial charge is 0.463 e. The Morgan fingerprint density at radius 3 is 3.15 bits per heavy atom. The monoisotopic (exact) mass is 183 g/mol. The summed E-state index contributed by atoms with van der Waals surface area (Å²) in [5.41, 5.74) is -0.592. The molecule has 4 heteroatoms. The van der Waals surface area contributed by atoms with E-state index in [1.54, 1.807) is 0 Å². The number of carbonyl (C=O) groups excluding carboxylic acids is 1. The van der Waals surface area contributed by atoms with Crippen LogP contribution in [0, 0.1) is 0 Å². The lowest BCUT2D eigenvalue weighted by Crippen LogP contribution is -2.35. The van der Waals surface area contributed by atoms with Gasteiger partial charge in [0.25, 0.3) is 0 Å². The molecule has 3 heterocycles. The fourth-order valence-corrected chi connectivity index (χ4v) is 2.59. The van der Waals surface area contributed by atoms with Crippen LogP contribution >= 0.6 is 0 Å². The topological polar surface area (TPSA) is 38.8 Å². The Hall–Kier alpha value is -0.610. The maximum atomic E-state index is 11.5. The zero-order valence-corrected chi connectivity index (χ0v) is 7.49. The summed E-state index contributed by atoms with van der Waals surface area (Å²) in [7, 11) is 0. The molecule has 13 heavy (non-hydrogen) atoms. The highest BCUT2D eigenvalue weighted by Crippen LogP contribution is 2.42.